The molecule has 0 N–H and O–H groups in total. The van der Waals surface area contributed by atoms with Gasteiger partial charge in [0.15, 0.2) is 6.61 Å². The SMILES string of the molecule is CN(C(=O)CN1C(=O)COc2cc(Cl)c(Cl)cc21)C(CN1CCOCC1)c1ccc(Br)cc1. The van der Waals surface area contributed by atoms with E-state index in [0.717, 1.165) is 23.1 Å². The molecule has 2 heterocycles. The van der Waals surface area contributed by atoms with Crippen molar-refractivity contribution in [2.24, 2.45) is 0 Å². The Hall–Kier alpha value is -1.84. The Morgan fingerprint density at radius 3 is 2.52 bits per heavy atom. The van der Waals surface area contributed by atoms with Crippen LogP contribution in [0.25, 0.3) is 0 Å². The van der Waals surface area contributed by atoms with Gasteiger partial charge in [-0.05, 0) is 23.8 Å². The third-order valence-corrected chi connectivity index (χ3v) is 7.14. The fourth-order valence-corrected chi connectivity index (χ4v) is 4.53. The van der Waals surface area contributed by atoms with Crippen molar-refractivity contribution in [1.29, 1.82) is 0 Å². The molecular weight excluding hydrogens is 533 g/mol. The topological polar surface area (TPSA) is 62.3 Å². The zero-order chi connectivity index (χ0) is 23.5. The number of rotatable bonds is 6. The number of morpholine rings is 1. The molecule has 176 valence electrons. The predicted octanol–water partition coefficient (Wildman–Crippen LogP) is 4.01. The van der Waals surface area contributed by atoms with Gasteiger partial charge in [0.05, 0.1) is 35.0 Å². The highest BCUT2D eigenvalue weighted by atomic mass is 79.9. The molecule has 33 heavy (non-hydrogen) atoms. The highest BCUT2D eigenvalue weighted by Gasteiger charge is 2.32. The maximum absolute atomic E-state index is 13.4. The number of carbonyl (C=O) groups is 2. The molecule has 4 rings (SSSR count). The highest BCUT2D eigenvalue weighted by Crippen LogP contribution is 2.39. The van der Waals surface area contributed by atoms with Crippen LogP contribution < -0.4 is 9.64 Å². The van der Waals surface area contributed by atoms with Crippen LogP contribution in [0, 0.1) is 0 Å². The molecule has 0 saturated carbocycles. The van der Waals surface area contributed by atoms with Gasteiger partial charge in [-0.15, -0.1) is 0 Å². The normalized spacial score (nSPS) is 17.3. The Labute approximate surface area is 211 Å². The molecule has 2 amide bonds. The number of nitrogens with zero attached hydrogens (tertiary/aromatic N) is 3. The fourth-order valence-electron chi connectivity index (χ4n) is 3.96. The Bertz CT molecular complexity index is 1030. The molecular formula is C23H24BrCl2N3O4. The summed E-state index contributed by atoms with van der Waals surface area (Å²) in [5.41, 5.74) is 1.46. The lowest BCUT2D eigenvalue weighted by molar-refractivity contribution is -0.133. The van der Waals surface area contributed by atoms with Gasteiger partial charge in [0, 0.05) is 37.2 Å². The van der Waals surface area contributed by atoms with Crippen LogP contribution >= 0.6 is 39.1 Å². The Morgan fingerprint density at radius 1 is 1.15 bits per heavy atom. The average molecular weight is 557 g/mol. The quantitative estimate of drug-likeness (QED) is 0.538. The van der Waals surface area contributed by atoms with E-state index in [0.29, 0.717) is 41.2 Å². The van der Waals surface area contributed by atoms with Crippen molar-refractivity contribution >= 4 is 56.6 Å². The molecule has 1 atom stereocenters. The van der Waals surface area contributed by atoms with Crippen LogP contribution in [-0.4, -0.2) is 74.7 Å². The van der Waals surface area contributed by atoms with Gasteiger partial charge in [0.25, 0.3) is 5.91 Å². The standard InChI is InChI=1S/C23H24BrCl2N3O4/c1-27(20(12-28-6-8-32-9-7-28)15-2-4-16(24)5-3-15)22(30)13-29-19-10-17(25)18(26)11-21(19)33-14-23(29)31/h2-5,10-11,20H,6-9,12-14H2,1H3. The smallest absolute Gasteiger partial charge is 0.265 e. The number of fused-ring (bicyclic) bond motifs is 1. The van der Waals surface area contributed by atoms with Crippen LogP contribution in [0.2, 0.25) is 10.0 Å². The second kappa shape index (κ2) is 10.6. The van der Waals surface area contributed by atoms with E-state index in [-0.39, 0.29) is 31.0 Å². The number of likely N-dealkylation sites (N-methyl/N-ethyl adjacent to an activating group) is 1. The van der Waals surface area contributed by atoms with E-state index in [2.05, 4.69) is 20.8 Å². The molecule has 2 aliphatic rings. The minimum absolute atomic E-state index is 0.125. The third-order valence-electron chi connectivity index (χ3n) is 5.89. The van der Waals surface area contributed by atoms with Crippen molar-refractivity contribution in [2.45, 2.75) is 6.04 Å². The predicted molar refractivity (Wildman–Crippen MR) is 131 cm³/mol. The van der Waals surface area contributed by atoms with Crippen LogP contribution in [0.5, 0.6) is 5.75 Å². The number of halogens is 3. The van der Waals surface area contributed by atoms with Crippen LogP contribution in [0.15, 0.2) is 40.9 Å². The third kappa shape index (κ3) is 5.63. The van der Waals surface area contributed by atoms with Gasteiger partial charge >= 0.3 is 0 Å². The lowest BCUT2D eigenvalue weighted by Crippen LogP contribution is -2.48. The van der Waals surface area contributed by atoms with Crippen molar-refractivity contribution in [3.63, 3.8) is 0 Å². The molecule has 1 saturated heterocycles. The molecule has 0 radical (unpaired) electrons. The number of benzene rings is 2. The first kappa shape index (κ1) is 24.3. The van der Waals surface area contributed by atoms with E-state index >= 15 is 0 Å². The minimum Gasteiger partial charge on any atom is -0.482 e. The summed E-state index contributed by atoms with van der Waals surface area (Å²) >= 11 is 15.7. The molecule has 2 aromatic rings. The summed E-state index contributed by atoms with van der Waals surface area (Å²) in [6.45, 7) is 3.35. The van der Waals surface area contributed by atoms with Crippen molar-refractivity contribution in [2.75, 3.05) is 57.9 Å². The Balaban J connectivity index is 1.57. The second-order valence-electron chi connectivity index (χ2n) is 7.99. The summed E-state index contributed by atoms with van der Waals surface area (Å²) in [5.74, 6) is -0.0725. The first-order valence-corrected chi connectivity index (χ1v) is 12.1. The van der Waals surface area contributed by atoms with E-state index in [4.69, 9.17) is 32.7 Å². The summed E-state index contributed by atoms with van der Waals surface area (Å²) in [6.07, 6.45) is 0. The van der Waals surface area contributed by atoms with Crippen molar-refractivity contribution in [3.05, 3.63) is 56.5 Å². The van der Waals surface area contributed by atoms with Gasteiger partial charge in [-0.1, -0.05) is 51.3 Å². The van der Waals surface area contributed by atoms with Gasteiger partial charge < -0.3 is 14.4 Å². The largest absolute Gasteiger partial charge is 0.482 e. The second-order valence-corrected chi connectivity index (χ2v) is 9.72. The monoisotopic (exact) mass is 555 g/mol. The van der Waals surface area contributed by atoms with Gasteiger partial charge in [0.1, 0.15) is 12.3 Å². The number of hydrogen-bond acceptors (Lipinski definition) is 5. The summed E-state index contributed by atoms with van der Waals surface area (Å²) in [5, 5.41) is 0.619. The van der Waals surface area contributed by atoms with Gasteiger partial charge in [-0.3, -0.25) is 19.4 Å². The number of amides is 2. The summed E-state index contributed by atoms with van der Waals surface area (Å²) in [7, 11) is 1.77. The first-order chi connectivity index (χ1) is 15.8. The van der Waals surface area contributed by atoms with E-state index in [1.807, 2.05) is 24.3 Å². The molecule has 2 aliphatic heterocycles. The lowest BCUT2D eigenvalue weighted by Gasteiger charge is -2.37. The van der Waals surface area contributed by atoms with E-state index in [9.17, 15) is 9.59 Å². The Kier molecular flexibility index (Phi) is 7.81. The molecule has 0 bridgehead atoms. The lowest BCUT2D eigenvalue weighted by atomic mass is 10.0. The van der Waals surface area contributed by atoms with E-state index < -0.39 is 0 Å². The molecule has 0 spiro atoms. The van der Waals surface area contributed by atoms with Crippen molar-refractivity contribution in [3.8, 4) is 5.75 Å². The van der Waals surface area contributed by atoms with Crippen LogP contribution in [0.4, 0.5) is 5.69 Å². The summed E-state index contributed by atoms with van der Waals surface area (Å²) in [4.78, 5) is 31.5. The molecule has 0 aliphatic carbocycles. The highest BCUT2D eigenvalue weighted by molar-refractivity contribution is 9.10. The average Bonchev–Trinajstić information content (AvgIpc) is 2.81. The molecule has 2 aromatic carbocycles. The minimum atomic E-state index is -0.309. The Morgan fingerprint density at radius 2 is 1.82 bits per heavy atom. The van der Waals surface area contributed by atoms with Gasteiger partial charge in [0.2, 0.25) is 5.91 Å². The van der Waals surface area contributed by atoms with Gasteiger partial charge in [-0.2, -0.15) is 0 Å². The maximum Gasteiger partial charge on any atom is 0.265 e. The molecule has 1 unspecified atom stereocenters. The van der Waals surface area contributed by atoms with Crippen molar-refractivity contribution < 1.29 is 19.1 Å². The van der Waals surface area contributed by atoms with E-state index in [1.165, 1.54) is 4.90 Å². The zero-order valence-corrected chi connectivity index (χ0v) is 21.2. The van der Waals surface area contributed by atoms with E-state index in [1.54, 1.807) is 24.1 Å². The number of carbonyl (C=O) groups excluding carboxylic acids is 2. The molecule has 1 fully saturated rings. The van der Waals surface area contributed by atoms with Crippen LogP contribution in [0.1, 0.15) is 11.6 Å². The molecule has 0 aromatic heterocycles. The number of ether oxygens (including phenoxy) is 2. The maximum atomic E-state index is 13.4. The summed E-state index contributed by atoms with van der Waals surface area (Å²) in [6, 6.07) is 10.9. The van der Waals surface area contributed by atoms with Crippen LogP contribution in [0.3, 0.4) is 0 Å². The zero-order valence-electron chi connectivity index (χ0n) is 18.1. The first-order valence-electron chi connectivity index (χ1n) is 10.6. The fraction of sp³-hybridized carbons (Fsp3) is 0.391. The van der Waals surface area contributed by atoms with Crippen molar-refractivity contribution in [1.82, 2.24) is 9.80 Å². The number of anilines is 1. The van der Waals surface area contributed by atoms with Crippen LogP contribution in [-0.2, 0) is 14.3 Å². The molecule has 7 nitrogen and oxygen atoms in total. The summed E-state index contributed by atoms with van der Waals surface area (Å²) < 4.78 is 11.9. The van der Waals surface area contributed by atoms with Gasteiger partial charge in [-0.25, -0.2) is 0 Å². The number of hydrogen-bond donors (Lipinski definition) is 0. The molecule has 10 heteroatoms.